The number of carbonyl (C=O) groups is 1. The quantitative estimate of drug-likeness (QED) is 0.803. The van der Waals surface area contributed by atoms with Gasteiger partial charge in [-0.2, -0.15) is 0 Å². The molecule has 110 valence electrons. The third-order valence-corrected chi connectivity index (χ3v) is 3.74. The van der Waals surface area contributed by atoms with Crippen molar-refractivity contribution in [3.05, 3.63) is 65.7 Å². The molecule has 0 aromatic heterocycles. The van der Waals surface area contributed by atoms with Gasteiger partial charge in [-0.1, -0.05) is 58.4 Å². The summed E-state index contributed by atoms with van der Waals surface area (Å²) in [7, 11) is 0. The number of para-hydroxylation sites is 1. The van der Waals surface area contributed by atoms with E-state index in [1.807, 2.05) is 55.5 Å². The average Bonchev–Trinajstić information content (AvgIpc) is 2.54. The number of alkyl halides is 1. The van der Waals surface area contributed by atoms with Gasteiger partial charge in [-0.25, -0.2) is 0 Å². The SMILES string of the molecule is CCOc1ccccc1C(=O)NC(CBr)c1ccccc1. The van der Waals surface area contributed by atoms with Crippen molar-refractivity contribution in [1.82, 2.24) is 5.32 Å². The van der Waals surface area contributed by atoms with Crippen LogP contribution in [0.2, 0.25) is 0 Å². The molecule has 1 amide bonds. The molecule has 3 nitrogen and oxygen atoms in total. The minimum Gasteiger partial charge on any atom is -0.493 e. The van der Waals surface area contributed by atoms with Gasteiger partial charge in [-0.3, -0.25) is 4.79 Å². The predicted octanol–water partition coefficient (Wildman–Crippen LogP) is 3.95. The van der Waals surface area contributed by atoms with Crippen molar-refractivity contribution in [2.75, 3.05) is 11.9 Å². The minimum absolute atomic E-state index is 0.0756. The lowest BCUT2D eigenvalue weighted by atomic mass is 10.1. The minimum atomic E-state index is -0.132. The second-order valence-corrected chi connectivity index (χ2v) is 5.17. The van der Waals surface area contributed by atoms with Gasteiger partial charge >= 0.3 is 0 Å². The van der Waals surface area contributed by atoms with Crippen LogP contribution < -0.4 is 10.1 Å². The molecule has 2 aromatic rings. The summed E-state index contributed by atoms with van der Waals surface area (Å²) in [5, 5.41) is 3.68. The van der Waals surface area contributed by atoms with Gasteiger partial charge in [-0.05, 0) is 24.6 Å². The first-order chi connectivity index (χ1) is 10.3. The first-order valence-corrected chi connectivity index (χ1v) is 8.02. The van der Waals surface area contributed by atoms with Crippen LogP contribution in [0.4, 0.5) is 0 Å². The van der Waals surface area contributed by atoms with Gasteiger partial charge in [0.1, 0.15) is 5.75 Å². The van der Waals surface area contributed by atoms with E-state index in [-0.39, 0.29) is 11.9 Å². The van der Waals surface area contributed by atoms with Crippen LogP contribution in [0.5, 0.6) is 5.75 Å². The highest BCUT2D eigenvalue weighted by Gasteiger charge is 2.17. The molecule has 1 atom stereocenters. The Labute approximate surface area is 133 Å². The highest BCUT2D eigenvalue weighted by molar-refractivity contribution is 9.09. The normalized spacial score (nSPS) is 11.7. The maximum atomic E-state index is 12.5. The van der Waals surface area contributed by atoms with E-state index in [9.17, 15) is 4.79 Å². The van der Waals surface area contributed by atoms with Crippen molar-refractivity contribution in [3.63, 3.8) is 0 Å². The van der Waals surface area contributed by atoms with E-state index in [0.29, 0.717) is 23.2 Å². The molecule has 0 fully saturated rings. The fraction of sp³-hybridized carbons (Fsp3) is 0.235. The molecule has 0 radical (unpaired) electrons. The van der Waals surface area contributed by atoms with Gasteiger partial charge in [0, 0.05) is 5.33 Å². The Morgan fingerprint density at radius 1 is 1.14 bits per heavy atom. The summed E-state index contributed by atoms with van der Waals surface area (Å²) in [6.45, 7) is 2.44. The summed E-state index contributed by atoms with van der Waals surface area (Å²) in [5.74, 6) is 0.478. The van der Waals surface area contributed by atoms with Crippen molar-refractivity contribution in [1.29, 1.82) is 0 Å². The molecular formula is C17H18BrNO2. The lowest BCUT2D eigenvalue weighted by Crippen LogP contribution is -2.29. The summed E-state index contributed by atoms with van der Waals surface area (Å²) >= 11 is 3.46. The lowest BCUT2D eigenvalue weighted by Gasteiger charge is -2.18. The van der Waals surface area contributed by atoms with E-state index in [1.54, 1.807) is 6.07 Å². The van der Waals surface area contributed by atoms with Crippen LogP contribution >= 0.6 is 15.9 Å². The predicted molar refractivity (Wildman–Crippen MR) is 88.1 cm³/mol. The molecule has 21 heavy (non-hydrogen) atoms. The Hall–Kier alpha value is -1.81. The Kier molecular flexibility index (Phi) is 5.81. The molecule has 1 unspecified atom stereocenters. The summed E-state index contributed by atoms with van der Waals surface area (Å²) in [6, 6.07) is 17.1. The smallest absolute Gasteiger partial charge is 0.255 e. The van der Waals surface area contributed by atoms with Crippen LogP contribution in [-0.2, 0) is 0 Å². The first kappa shape index (κ1) is 15.6. The second kappa shape index (κ2) is 7.84. The van der Waals surface area contributed by atoms with Crippen molar-refractivity contribution >= 4 is 21.8 Å². The number of nitrogens with one attached hydrogen (secondary N) is 1. The van der Waals surface area contributed by atoms with E-state index < -0.39 is 0 Å². The Morgan fingerprint density at radius 2 is 1.81 bits per heavy atom. The monoisotopic (exact) mass is 347 g/mol. The van der Waals surface area contributed by atoms with E-state index in [4.69, 9.17) is 4.74 Å². The van der Waals surface area contributed by atoms with Gasteiger partial charge in [0.25, 0.3) is 5.91 Å². The molecular weight excluding hydrogens is 330 g/mol. The number of halogens is 1. The Morgan fingerprint density at radius 3 is 2.48 bits per heavy atom. The molecule has 0 aliphatic rings. The zero-order valence-corrected chi connectivity index (χ0v) is 13.5. The molecule has 0 spiro atoms. The third kappa shape index (κ3) is 4.08. The highest BCUT2D eigenvalue weighted by Crippen LogP contribution is 2.20. The molecule has 2 aromatic carbocycles. The van der Waals surface area contributed by atoms with E-state index in [1.165, 1.54) is 0 Å². The molecule has 2 rings (SSSR count). The van der Waals surface area contributed by atoms with Crippen molar-refractivity contribution < 1.29 is 9.53 Å². The summed E-state index contributed by atoms with van der Waals surface area (Å²) < 4.78 is 5.51. The van der Waals surface area contributed by atoms with Crippen LogP contribution in [0.1, 0.15) is 28.9 Å². The van der Waals surface area contributed by atoms with Crippen molar-refractivity contribution in [2.45, 2.75) is 13.0 Å². The average molecular weight is 348 g/mol. The number of hydrogen-bond donors (Lipinski definition) is 1. The molecule has 1 N–H and O–H groups in total. The molecule has 0 aliphatic heterocycles. The zero-order valence-electron chi connectivity index (χ0n) is 11.9. The summed E-state index contributed by atoms with van der Waals surface area (Å²) in [4.78, 5) is 12.5. The number of rotatable bonds is 6. The van der Waals surface area contributed by atoms with Crippen LogP contribution in [0.3, 0.4) is 0 Å². The topological polar surface area (TPSA) is 38.3 Å². The van der Waals surface area contributed by atoms with Gasteiger partial charge in [0.15, 0.2) is 0 Å². The van der Waals surface area contributed by atoms with Gasteiger partial charge in [0.05, 0.1) is 18.2 Å². The highest BCUT2D eigenvalue weighted by atomic mass is 79.9. The number of carbonyl (C=O) groups excluding carboxylic acids is 1. The number of benzene rings is 2. The molecule has 0 bridgehead atoms. The zero-order chi connectivity index (χ0) is 15.1. The van der Waals surface area contributed by atoms with Crippen LogP contribution in [-0.4, -0.2) is 17.8 Å². The molecule has 4 heteroatoms. The maximum absolute atomic E-state index is 12.5. The van der Waals surface area contributed by atoms with Gasteiger partial charge < -0.3 is 10.1 Å². The van der Waals surface area contributed by atoms with E-state index in [0.717, 1.165) is 5.56 Å². The molecule has 0 saturated heterocycles. The lowest BCUT2D eigenvalue weighted by molar-refractivity contribution is 0.0937. The van der Waals surface area contributed by atoms with Gasteiger partial charge in [0.2, 0.25) is 0 Å². The second-order valence-electron chi connectivity index (χ2n) is 4.52. The first-order valence-electron chi connectivity index (χ1n) is 6.89. The summed E-state index contributed by atoms with van der Waals surface area (Å²) in [6.07, 6.45) is 0. The number of hydrogen-bond acceptors (Lipinski definition) is 2. The van der Waals surface area contributed by atoms with Crippen molar-refractivity contribution in [3.8, 4) is 5.75 Å². The van der Waals surface area contributed by atoms with E-state index in [2.05, 4.69) is 21.2 Å². The number of amides is 1. The fourth-order valence-electron chi connectivity index (χ4n) is 2.07. The number of ether oxygens (including phenoxy) is 1. The van der Waals surface area contributed by atoms with Crippen LogP contribution in [0.15, 0.2) is 54.6 Å². The van der Waals surface area contributed by atoms with Crippen LogP contribution in [0.25, 0.3) is 0 Å². The fourth-order valence-corrected chi connectivity index (χ4v) is 2.60. The Balaban J connectivity index is 2.17. The third-order valence-electron chi connectivity index (χ3n) is 3.09. The maximum Gasteiger partial charge on any atom is 0.255 e. The largest absolute Gasteiger partial charge is 0.493 e. The van der Waals surface area contributed by atoms with E-state index >= 15 is 0 Å². The van der Waals surface area contributed by atoms with Crippen LogP contribution in [0, 0.1) is 0 Å². The molecule has 0 heterocycles. The summed E-state index contributed by atoms with van der Waals surface area (Å²) in [5.41, 5.74) is 1.62. The Bertz CT molecular complexity index is 586. The molecule has 0 aliphatic carbocycles. The van der Waals surface area contributed by atoms with Gasteiger partial charge in [-0.15, -0.1) is 0 Å². The standard InChI is InChI=1S/C17H18BrNO2/c1-2-21-16-11-7-6-10-14(16)17(20)19-15(12-18)13-8-4-3-5-9-13/h3-11,15H,2,12H2,1H3,(H,19,20). The molecule has 0 saturated carbocycles. The van der Waals surface area contributed by atoms with Crippen molar-refractivity contribution in [2.24, 2.45) is 0 Å².